The molecule has 0 aliphatic carbocycles. The molecule has 0 saturated carbocycles. The van der Waals surface area contributed by atoms with E-state index in [1.165, 1.54) is 35.7 Å². The van der Waals surface area contributed by atoms with Crippen LogP contribution < -0.4 is 20.5 Å². The van der Waals surface area contributed by atoms with E-state index in [2.05, 4.69) is 175 Å². The van der Waals surface area contributed by atoms with Gasteiger partial charge in [0.15, 0.2) is 5.58 Å². The molecule has 264 valence electrons. The molecule has 11 rings (SSSR count). The van der Waals surface area contributed by atoms with Crippen molar-refractivity contribution in [3.8, 4) is 11.5 Å². The summed E-state index contributed by atoms with van der Waals surface area (Å²) in [6.07, 6.45) is 0. The van der Waals surface area contributed by atoms with E-state index in [4.69, 9.17) is 9.40 Å². The molecule has 0 aliphatic rings. The Morgan fingerprint density at radius 2 is 1.00 bits per heavy atom. The van der Waals surface area contributed by atoms with Crippen LogP contribution in [0.15, 0.2) is 205 Å². The molecule has 0 saturated heterocycles. The van der Waals surface area contributed by atoms with E-state index in [0.29, 0.717) is 5.89 Å². The summed E-state index contributed by atoms with van der Waals surface area (Å²) in [4.78, 5) is 7.34. The monoisotopic (exact) mass is 750 g/mol. The largest absolute Gasteiger partial charge is 0.435 e. The summed E-state index contributed by atoms with van der Waals surface area (Å²) >= 11 is 1.85. The highest BCUT2D eigenvalue weighted by atomic mass is 32.1. The van der Waals surface area contributed by atoms with Gasteiger partial charge in [0, 0.05) is 48.2 Å². The van der Waals surface area contributed by atoms with Gasteiger partial charge >= 0.3 is 0 Å². The first-order chi connectivity index (χ1) is 27.7. The standard InChI is InChI=1S/C51H34N2OSSi/c1-4-12-36(13-5-1)51-52-46-30-23-35-21-20-34-22-24-38(32-44(34)49(35)50(46)54-51)53(39-27-31-48-45(33-39)43-18-10-11-19-47(43)55-48)37-25-28-42(29-26-37)56(40-14-6-2-7-15-40)41-16-8-3-9-17-41/h1-33,56H. The predicted octanol–water partition coefficient (Wildman–Crippen LogP) is 11.9. The third kappa shape index (κ3) is 5.60. The highest BCUT2D eigenvalue weighted by molar-refractivity contribution is 7.25. The van der Waals surface area contributed by atoms with Crippen molar-refractivity contribution in [1.82, 2.24) is 4.98 Å². The maximum Gasteiger partial charge on any atom is 0.227 e. The van der Waals surface area contributed by atoms with Gasteiger partial charge in [-0.15, -0.1) is 11.3 Å². The molecule has 0 radical (unpaired) electrons. The normalized spacial score (nSPS) is 11.7. The minimum Gasteiger partial charge on any atom is -0.435 e. The number of aromatic nitrogens is 1. The van der Waals surface area contributed by atoms with Crippen LogP contribution in [0.5, 0.6) is 0 Å². The van der Waals surface area contributed by atoms with E-state index >= 15 is 0 Å². The quantitative estimate of drug-likeness (QED) is 0.0923. The second-order valence-corrected chi connectivity index (χ2v) is 18.3. The van der Waals surface area contributed by atoms with Gasteiger partial charge in [0.1, 0.15) is 14.3 Å². The van der Waals surface area contributed by atoms with Crippen LogP contribution in [-0.4, -0.2) is 13.8 Å². The van der Waals surface area contributed by atoms with Crippen molar-refractivity contribution >= 4 is 106 Å². The van der Waals surface area contributed by atoms with E-state index in [9.17, 15) is 0 Å². The van der Waals surface area contributed by atoms with Crippen molar-refractivity contribution < 1.29 is 4.42 Å². The third-order valence-corrected chi connectivity index (χ3v) is 15.3. The smallest absolute Gasteiger partial charge is 0.227 e. The molecule has 0 fully saturated rings. The molecule has 0 bridgehead atoms. The topological polar surface area (TPSA) is 29.3 Å². The Morgan fingerprint density at radius 1 is 0.446 bits per heavy atom. The van der Waals surface area contributed by atoms with Crippen LogP contribution in [-0.2, 0) is 0 Å². The minimum absolute atomic E-state index is 0.632. The molecular weight excluding hydrogens is 717 g/mol. The Hall–Kier alpha value is -6.79. The predicted molar refractivity (Wildman–Crippen MR) is 241 cm³/mol. The summed E-state index contributed by atoms with van der Waals surface area (Å²) in [5.41, 5.74) is 5.93. The van der Waals surface area contributed by atoms with Crippen LogP contribution >= 0.6 is 11.3 Å². The summed E-state index contributed by atoms with van der Waals surface area (Å²) in [7, 11) is -1.70. The summed E-state index contributed by atoms with van der Waals surface area (Å²) in [5, 5.41) is 11.2. The average molecular weight is 751 g/mol. The molecule has 9 aromatic carbocycles. The number of thiophene rings is 1. The number of rotatable bonds is 7. The number of oxazole rings is 1. The summed E-state index contributed by atoms with van der Waals surface area (Å²) < 4.78 is 9.20. The van der Waals surface area contributed by atoms with Gasteiger partial charge in [0.2, 0.25) is 5.89 Å². The summed E-state index contributed by atoms with van der Waals surface area (Å²) in [6, 6.07) is 72.6. The lowest BCUT2D eigenvalue weighted by Gasteiger charge is -2.27. The maximum absolute atomic E-state index is 6.61. The fraction of sp³-hybridized carbons (Fsp3) is 0. The number of hydrogen-bond acceptors (Lipinski definition) is 4. The van der Waals surface area contributed by atoms with Gasteiger partial charge < -0.3 is 9.32 Å². The van der Waals surface area contributed by atoms with Crippen LogP contribution in [0.2, 0.25) is 0 Å². The second-order valence-electron chi connectivity index (χ2n) is 14.3. The van der Waals surface area contributed by atoms with Gasteiger partial charge in [-0.3, -0.25) is 0 Å². The molecule has 3 nitrogen and oxygen atoms in total. The van der Waals surface area contributed by atoms with Crippen LogP contribution in [0.1, 0.15) is 0 Å². The van der Waals surface area contributed by atoms with Crippen molar-refractivity contribution in [3.05, 3.63) is 200 Å². The van der Waals surface area contributed by atoms with Crippen molar-refractivity contribution in [1.29, 1.82) is 0 Å². The summed E-state index contributed by atoms with van der Waals surface area (Å²) in [5.74, 6) is 0.632. The van der Waals surface area contributed by atoms with Crippen molar-refractivity contribution in [2.24, 2.45) is 0 Å². The van der Waals surface area contributed by atoms with Crippen molar-refractivity contribution in [2.75, 3.05) is 4.90 Å². The molecule has 0 atom stereocenters. The molecule has 0 spiro atoms. The lowest BCUT2D eigenvalue weighted by atomic mass is 10.00. The fourth-order valence-corrected chi connectivity index (χ4v) is 12.4. The lowest BCUT2D eigenvalue weighted by Crippen LogP contribution is -2.51. The Kier molecular flexibility index (Phi) is 7.86. The van der Waals surface area contributed by atoms with Gasteiger partial charge in [-0.05, 0) is 82.9 Å². The Morgan fingerprint density at radius 3 is 1.75 bits per heavy atom. The molecular formula is C51H34N2OSSi. The SMILES string of the molecule is c1ccc(-c2nc3ccc4ccc5ccc(N(c6ccc([SiH](c7ccccc7)c7ccccc7)cc6)c6ccc7sc8ccccc8c7c6)cc5c4c3o2)cc1. The number of nitrogens with zero attached hydrogens (tertiary/aromatic N) is 2. The number of hydrogen-bond donors (Lipinski definition) is 0. The maximum atomic E-state index is 6.61. The molecule has 0 aliphatic heterocycles. The summed E-state index contributed by atoms with van der Waals surface area (Å²) in [6.45, 7) is 0. The number of benzene rings is 9. The lowest BCUT2D eigenvalue weighted by molar-refractivity contribution is 0.623. The van der Waals surface area contributed by atoms with E-state index in [1.807, 2.05) is 41.7 Å². The minimum atomic E-state index is -1.70. The van der Waals surface area contributed by atoms with E-state index < -0.39 is 8.80 Å². The van der Waals surface area contributed by atoms with E-state index in [1.54, 1.807) is 0 Å². The van der Waals surface area contributed by atoms with Gasteiger partial charge in [0.05, 0.1) is 0 Å². The van der Waals surface area contributed by atoms with E-state index in [0.717, 1.165) is 55.3 Å². The zero-order valence-corrected chi connectivity index (χ0v) is 32.3. The molecule has 11 aromatic rings. The molecule has 0 amide bonds. The fourth-order valence-electron chi connectivity index (χ4n) is 8.34. The number of anilines is 3. The molecule has 0 N–H and O–H groups in total. The highest BCUT2D eigenvalue weighted by Gasteiger charge is 2.21. The van der Waals surface area contributed by atoms with Crippen molar-refractivity contribution in [2.45, 2.75) is 0 Å². The van der Waals surface area contributed by atoms with E-state index in [-0.39, 0.29) is 0 Å². The average Bonchev–Trinajstić information content (AvgIpc) is 3.87. The third-order valence-electron chi connectivity index (χ3n) is 11.0. The van der Waals surface area contributed by atoms with Gasteiger partial charge in [-0.2, -0.15) is 0 Å². The van der Waals surface area contributed by atoms with Crippen LogP contribution in [0.25, 0.3) is 64.3 Å². The van der Waals surface area contributed by atoms with Gasteiger partial charge in [-0.25, -0.2) is 4.98 Å². The van der Waals surface area contributed by atoms with Gasteiger partial charge in [-0.1, -0.05) is 149 Å². The first-order valence-corrected chi connectivity index (χ1v) is 21.5. The molecule has 2 heterocycles. The van der Waals surface area contributed by atoms with Crippen LogP contribution in [0.3, 0.4) is 0 Å². The highest BCUT2D eigenvalue weighted by Crippen LogP contribution is 2.42. The second kappa shape index (κ2) is 13.5. The number of fused-ring (bicyclic) bond motifs is 8. The molecule has 2 aromatic heterocycles. The Bertz CT molecular complexity index is 3160. The Balaban J connectivity index is 1.11. The van der Waals surface area contributed by atoms with Crippen LogP contribution in [0, 0.1) is 0 Å². The molecule has 0 unspecified atom stereocenters. The molecule has 5 heteroatoms. The first-order valence-electron chi connectivity index (χ1n) is 19.0. The van der Waals surface area contributed by atoms with Gasteiger partial charge in [0.25, 0.3) is 0 Å². The van der Waals surface area contributed by atoms with Crippen LogP contribution in [0.4, 0.5) is 17.1 Å². The zero-order chi connectivity index (χ0) is 37.0. The zero-order valence-electron chi connectivity index (χ0n) is 30.3. The van der Waals surface area contributed by atoms with Crippen molar-refractivity contribution in [3.63, 3.8) is 0 Å². The Labute approximate surface area is 330 Å². The first kappa shape index (κ1) is 32.6. The molecule has 56 heavy (non-hydrogen) atoms.